The normalized spacial score (nSPS) is 10.7. The number of hydrogen-bond donors (Lipinski definition) is 1. The predicted molar refractivity (Wildman–Crippen MR) is 109 cm³/mol. The zero-order valence-corrected chi connectivity index (χ0v) is 16.2. The monoisotopic (exact) mass is 392 g/mol. The zero-order chi connectivity index (χ0) is 18.6. The van der Waals surface area contributed by atoms with E-state index in [2.05, 4.69) is 20.5 Å². The second kappa shape index (κ2) is 7.77. The summed E-state index contributed by atoms with van der Waals surface area (Å²) in [5, 5.41) is 13.3. The van der Waals surface area contributed by atoms with Crippen LogP contribution in [0, 0.1) is 6.92 Å². The number of carbonyl (C=O) groups excluding carboxylic acids is 1. The minimum atomic E-state index is -0.199. The molecule has 0 unspecified atom stereocenters. The highest BCUT2D eigenvalue weighted by Crippen LogP contribution is 2.28. The highest BCUT2D eigenvalue weighted by Gasteiger charge is 2.18. The average molecular weight is 393 g/mol. The largest absolute Gasteiger partial charge is 0.296 e. The van der Waals surface area contributed by atoms with Gasteiger partial charge >= 0.3 is 0 Å². The third-order valence-corrected chi connectivity index (χ3v) is 5.95. The first-order valence-electron chi connectivity index (χ1n) is 8.39. The van der Waals surface area contributed by atoms with Gasteiger partial charge in [0.25, 0.3) is 5.91 Å². The summed E-state index contributed by atoms with van der Waals surface area (Å²) in [5.74, 6) is -0.199. The van der Waals surface area contributed by atoms with Crippen molar-refractivity contribution in [1.82, 2.24) is 15.2 Å². The van der Waals surface area contributed by atoms with Crippen molar-refractivity contribution in [3.8, 4) is 10.6 Å². The van der Waals surface area contributed by atoms with Gasteiger partial charge in [-0.05, 0) is 12.5 Å². The zero-order valence-electron chi connectivity index (χ0n) is 14.5. The molecule has 0 bridgehead atoms. The number of amides is 1. The molecule has 0 spiro atoms. The van der Waals surface area contributed by atoms with Crippen LogP contribution in [-0.2, 0) is 6.42 Å². The van der Waals surface area contributed by atoms with Crippen LogP contribution in [-0.4, -0.2) is 21.1 Å². The standard InChI is InChI=1S/C20H16N4OS2/c1-13-17(27-19(21-13)15-10-6-3-7-11-15)18(25)22-20-24-23-16(26-20)12-14-8-4-2-5-9-14/h2-11H,12H2,1H3,(H,22,24,25). The molecule has 2 aromatic heterocycles. The van der Waals surface area contributed by atoms with Crippen LogP contribution in [0.4, 0.5) is 5.13 Å². The number of nitrogens with one attached hydrogen (secondary N) is 1. The van der Waals surface area contributed by atoms with E-state index in [4.69, 9.17) is 0 Å². The maximum atomic E-state index is 12.6. The van der Waals surface area contributed by atoms with Crippen molar-refractivity contribution in [3.63, 3.8) is 0 Å². The number of benzene rings is 2. The molecule has 1 N–H and O–H groups in total. The van der Waals surface area contributed by atoms with E-state index in [1.54, 1.807) is 0 Å². The highest BCUT2D eigenvalue weighted by molar-refractivity contribution is 7.17. The van der Waals surface area contributed by atoms with Gasteiger partial charge in [-0.15, -0.1) is 21.5 Å². The molecule has 4 rings (SSSR count). The maximum Gasteiger partial charge on any atom is 0.269 e. The molecule has 2 heterocycles. The molecule has 0 radical (unpaired) electrons. The number of anilines is 1. The summed E-state index contributed by atoms with van der Waals surface area (Å²) in [7, 11) is 0. The lowest BCUT2D eigenvalue weighted by atomic mass is 10.2. The molecule has 27 heavy (non-hydrogen) atoms. The summed E-state index contributed by atoms with van der Waals surface area (Å²) < 4.78 is 0. The van der Waals surface area contributed by atoms with Crippen molar-refractivity contribution >= 4 is 33.7 Å². The van der Waals surface area contributed by atoms with Crippen molar-refractivity contribution < 1.29 is 4.79 Å². The smallest absolute Gasteiger partial charge is 0.269 e. The second-order valence-electron chi connectivity index (χ2n) is 5.92. The lowest BCUT2D eigenvalue weighted by molar-refractivity contribution is 0.102. The van der Waals surface area contributed by atoms with Crippen LogP contribution in [0.15, 0.2) is 60.7 Å². The molecule has 5 nitrogen and oxygen atoms in total. The minimum absolute atomic E-state index is 0.199. The van der Waals surface area contributed by atoms with Crippen LogP contribution in [0.3, 0.4) is 0 Å². The Hall–Kier alpha value is -2.90. The van der Waals surface area contributed by atoms with Crippen LogP contribution in [0.1, 0.15) is 25.9 Å². The van der Waals surface area contributed by atoms with Gasteiger partial charge in [0.15, 0.2) is 0 Å². The molecule has 0 aliphatic rings. The molecule has 0 aliphatic heterocycles. The van der Waals surface area contributed by atoms with E-state index in [-0.39, 0.29) is 5.91 Å². The summed E-state index contributed by atoms with van der Waals surface area (Å²) in [5.41, 5.74) is 2.88. The molecule has 0 saturated heterocycles. The van der Waals surface area contributed by atoms with Gasteiger partial charge in [-0.25, -0.2) is 4.98 Å². The lowest BCUT2D eigenvalue weighted by Gasteiger charge is -1.98. The van der Waals surface area contributed by atoms with E-state index in [0.717, 1.165) is 21.1 Å². The maximum absolute atomic E-state index is 12.6. The van der Waals surface area contributed by atoms with Crippen LogP contribution in [0.25, 0.3) is 10.6 Å². The molecule has 2 aromatic carbocycles. The van der Waals surface area contributed by atoms with Crippen LogP contribution >= 0.6 is 22.7 Å². The number of aryl methyl sites for hydroxylation is 1. The molecule has 0 aliphatic carbocycles. The van der Waals surface area contributed by atoms with Crippen molar-refractivity contribution in [2.75, 3.05) is 5.32 Å². The Morgan fingerprint density at radius 2 is 1.67 bits per heavy atom. The van der Waals surface area contributed by atoms with E-state index in [0.29, 0.717) is 22.1 Å². The molecule has 0 fully saturated rings. The fourth-order valence-corrected chi connectivity index (χ4v) is 4.35. The van der Waals surface area contributed by atoms with Gasteiger partial charge in [0.1, 0.15) is 14.9 Å². The fraction of sp³-hybridized carbons (Fsp3) is 0.100. The molecule has 134 valence electrons. The molecule has 0 saturated carbocycles. The van der Waals surface area contributed by atoms with Gasteiger partial charge in [-0.3, -0.25) is 10.1 Å². The summed E-state index contributed by atoms with van der Waals surface area (Å²) >= 11 is 2.77. The first-order chi connectivity index (χ1) is 13.2. The summed E-state index contributed by atoms with van der Waals surface area (Å²) in [6.45, 7) is 1.85. The molecule has 1 amide bonds. The highest BCUT2D eigenvalue weighted by atomic mass is 32.1. The number of hydrogen-bond acceptors (Lipinski definition) is 6. The van der Waals surface area contributed by atoms with E-state index in [9.17, 15) is 4.79 Å². The van der Waals surface area contributed by atoms with Crippen molar-refractivity contribution in [2.24, 2.45) is 0 Å². The first kappa shape index (κ1) is 17.5. The third-order valence-electron chi connectivity index (χ3n) is 3.91. The van der Waals surface area contributed by atoms with E-state index in [1.165, 1.54) is 22.7 Å². The van der Waals surface area contributed by atoms with E-state index < -0.39 is 0 Å². The van der Waals surface area contributed by atoms with Gasteiger partial charge in [-0.2, -0.15) is 0 Å². The van der Waals surface area contributed by atoms with Crippen LogP contribution in [0.2, 0.25) is 0 Å². The van der Waals surface area contributed by atoms with Crippen molar-refractivity contribution in [2.45, 2.75) is 13.3 Å². The minimum Gasteiger partial charge on any atom is -0.296 e. The topological polar surface area (TPSA) is 67.8 Å². The third kappa shape index (κ3) is 4.10. The van der Waals surface area contributed by atoms with E-state index >= 15 is 0 Å². The molecule has 4 aromatic rings. The number of carbonyl (C=O) groups is 1. The van der Waals surface area contributed by atoms with Gasteiger partial charge in [0.2, 0.25) is 5.13 Å². The molecular formula is C20H16N4OS2. The molecular weight excluding hydrogens is 376 g/mol. The SMILES string of the molecule is Cc1nc(-c2ccccc2)sc1C(=O)Nc1nnc(Cc2ccccc2)s1. The second-order valence-corrected chi connectivity index (χ2v) is 7.98. The van der Waals surface area contributed by atoms with Gasteiger partial charge < -0.3 is 0 Å². The van der Waals surface area contributed by atoms with Gasteiger partial charge in [-0.1, -0.05) is 72.0 Å². The van der Waals surface area contributed by atoms with Crippen molar-refractivity contribution in [1.29, 1.82) is 0 Å². The number of nitrogens with zero attached hydrogens (tertiary/aromatic N) is 3. The molecule has 0 atom stereocenters. The Bertz CT molecular complexity index is 1060. The number of aromatic nitrogens is 3. The Morgan fingerprint density at radius 1 is 0.963 bits per heavy atom. The van der Waals surface area contributed by atoms with Gasteiger partial charge in [0, 0.05) is 12.0 Å². The average Bonchev–Trinajstić information content (AvgIpc) is 3.29. The Kier molecular flexibility index (Phi) is 5.04. The summed E-state index contributed by atoms with van der Waals surface area (Å²) in [6, 6.07) is 19.9. The number of thiazole rings is 1. The Balaban J connectivity index is 1.48. The fourth-order valence-electron chi connectivity index (χ4n) is 2.61. The quantitative estimate of drug-likeness (QED) is 0.529. The molecule has 7 heteroatoms. The van der Waals surface area contributed by atoms with Gasteiger partial charge in [0.05, 0.1) is 5.69 Å². The van der Waals surface area contributed by atoms with Crippen LogP contribution in [0.5, 0.6) is 0 Å². The van der Waals surface area contributed by atoms with Crippen molar-refractivity contribution in [3.05, 3.63) is 81.8 Å². The first-order valence-corrected chi connectivity index (χ1v) is 10.0. The van der Waals surface area contributed by atoms with Crippen LogP contribution < -0.4 is 5.32 Å². The Morgan fingerprint density at radius 3 is 2.41 bits per heavy atom. The summed E-state index contributed by atoms with van der Waals surface area (Å²) in [4.78, 5) is 17.8. The summed E-state index contributed by atoms with van der Waals surface area (Å²) in [6.07, 6.45) is 0.701. The number of rotatable bonds is 5. The predicted octanol–water partition coefficient (Wildman–Crippen LogP) is 4.81. The Labute approximate surface area is 164 Å². The lowest BCUT2D eigenvalue weighted by Crippen LogP contribution is -2.11. The van der Waals surface area contributed by atoms with E-state index in [1.807, 2.05) is 67.6 Å².